The van der Waals surface area contributed by atoms with Gasteiger partial charge in [0.05, 0.1) is 28.4 Å². The van der Waals surface area contributed by atoms with Crippen LogP contribution in [0.1, 0.15) is 58.2 Å². The van der Waals surface area contributed by atoms with Gasteiger partial charge in [0.25, 0.3) is 6.71 Å². The van der Waals surface area contributed by atoms with Crippen molar-refractivity contribution < 1.29 is 0 Å². The molecule has 2 aliphatic heterocycles. The van der Waals surface area contributed by atoms with Crippen LogP contribution in [-0.2, 0) is 10.8 Å². The first kappa shape index (κ1) is 59.4. The Morgan fingerprint density at radius 1 is 0.316 bits per heavy atom. The zero-order chi connectivity index (χ0) is 66.4. The molecule has 0 amide bonds. The fraction of sp³-hybridized carbons (Fsp3) is 0.0920. The molecule has 0 N–H and O–H groups in total. The standard InChI is InChI=1S/C87H65BN10/c1-86(2,3)63-40-45-74-70(52-63)88-71-53-64(87(4,5)6)41-46-75(71)97(66-35-23-12-24-36-66)78-51-62(50-77(79(78)88)96(74)65-33-21-11-22-34-65)60-39-44-72-68(48-60)67-42-38-61(84-92-80(56-25-13-7-14-26-56)90-81(93-84)57-27-15-8-16-28-57)49-76(67)98(72)73-43-37-55(54-89)47-69(73)85-94-82(58-29-17-9-18-30-58)91-83(95-85)59-31-19-10-20-32-59/h7-53H,1-6H3. The summed E-state index contributed by atoms with van der Waals surface area (Å²) in [7, 11) is 0. The number of benzene rings is 12. The SMILES string of the molecule is CC(C)(C)c1ccc2c(c1)B1c3cc(C(C)(C)C)ccc3N(c3ccccc3)c3cc(-c4ccc5c(c4)c4ccc(-c6nc(-c7ccccc7)nc(-c7ccccc7)n6)cc4n5-c4ccc(C#N)cc4-c4nc(-c5ccccc5)nc(-c5ccccc5)n4)cc(c31)N2c1ccccc1. The first-order chi connectivity index (χ1) is 47.8. The third-order valence-corrected chi connectivity index (χ3v) is 19.2. The van der Waals surface area contributed by atoms with Gasteiger partial charge in [0.2, 0.25) is 0 Å². The van der Waals surface area contributed by atoms with Gasteiger partial charge in [0.1, 0.15) is 0 Å². The van der Waals surface area contributed by atoms with E-state index in [4.69, 9.17) is 29.9 Å². The molecule has 17 rings (SSSR count). The zero-order valence-corrected chi connectivity index (χ0v) is 55.2. The summed E-state index contributed by atoms with van der Waals surface area (Å²) in [5.74, 6) is 3.10. The molecule has 2 aliphatic rings. The molecule has 15 aromatic rings. The molecule has 5 heterocycles. The van der Waals surface area contributed by atoms with Crippen LogP contribution in [0.5, 0.6) is 0 Å². The highest BCUT2D eigenvalue weighted by Crippen LogP contribution is 2.48. The monoisotopic (exact) mass is 1260 g/mol. The summed E-state index contributed by atoms with van der Waals surface area (Å²) in [5.41, 5.74) is 23.0. The molecule has 0 saturated carbocycles. The van der Waals surface area contributed by atoms with Crippen LogP contribution < -0.4 is 26.2 Å². The van der Waals surface area contributed by atoms with Crippen molar-refractivity contribution in [3.8, 4) is 91.2 Å². The quantitative estimate of drug-likeness (QED) is 0.124. The van der Waals surface area contributed by atoms with Crippen molar-refractivity contribution in [2.75, 3.05) is 9.80 Å². The Morgan fingerprint density at radius 2 is 0.724 bits per heavy atom. The molecular formula is C87H65BN10. The number of rotatable bonds is 10. The molecule has 0 atom stereocenters. The summed E-state index contributed by atoms with van der Waals surface area (Å²) in [4.78, 5) is 36.3. The van der Waals surface area contributed by atoms with E-state index in [9.17, 15) is 5.26 Å². The Hall–Kier alpha value is -12.4. The molecule has 0 saturated heterocycles. The number of hydrogen-bond acceptors (Lipinski definition) is 9. The molecule has 0 unspecified atom stereocenters. The van der Waals surface area contributed by atoms with E-state index in [-0.39, 0.29) is 17.5 Å². The lowest BCUT2D eigenvalue weighted by Gasteiger charge is -2.45. The molecule has 10 nitrogen and oxygen atoms in total. The Bertz CT molecular complexity index is 5420. The number of para-hydroxylation sites is 2. The van der Waals surface area contributed by atoms with Gasteiger partial charge in [-0.3, -0.25) is 0 Å². The van der Waals surface area contributed by atoms with Gasteiger partial charge in [0, 0.05) is 78.3 Å². The van der Waals surface area contributed by atoms with E-state index in [1.807, 2.05) is 140 Å². The smallest absolute Gasteiger partial charge is 0.252 e. The third kappa shape index (κ3) is 10.4. The van der Waals surface area contributed by atoms with Crippen molar-refractivity contribution in [2.45, 2.75) is 52.4 Å². The first-order valence-corrected chi connectivity index (χ1v) is 33.3. The largest absolute Gasteiger partial charge is 0.311 e. The van der Waals surface area contributed by atoms with Gasteiger partial charge >= 0.3 is 0 Å². The maximum Gasteiger partial charge on any atom is 0.252 e. The van der Waals surface area contributed by atoms with Crippen LogP contribution >= 0.6 is 0 Å². The third-order valence-electron chi connectivity index (χ3n) is 19.2. The molecule has 0 fully saturated rings. The number of nitriles is 1. The average Bonchev–Trinajstić information content (AvgIpc) is 0.758. The van der Waals surface area contributed by atoms with Crippen LogP contribution in [0.3, 0.4) is 0 Å². The van der Waals surface area contributed by atoms with Gasteiger partial charge in [-0.15, -0.1) is 0 Å². The fourth-order valence-electron chi connectivity index (χ4n) is 14.3. The molecule has 0 spiro atoms. The lowest BCUT2D eigenvalue weighted by Crippen LogP contribution is -2.61. The Morgan fingerprint density at radius 3 is 1.16 bits per heavy atom. The minimum Gasteiger partial charge on any atom is -0.311 e. The number of fused-ring (bicyclic) bond motifs is 7. The molecule has 0 aliphatic carbocycles. The lowest BCUT2D eigenvalue weighted by molar-refractivity contribution is 0.590. The summed E-state index contributed by atoms with van der Waals surface area (Å²) in [6, 6.07) is 103. The van der Waals surface area contributed by atoms with Gasteiger partial charge < -0.3 is 14.4 Å². The highest BCUT2D eigenvalue weighted by Gasteiger charge is 2.45. The summed E-state index contributed by atoms with van der Waals surface area (Å²) in [6.07, 6.45) is 0. The van der Waals surface area contributed by atoms with Crippen LogP contribution in [0, 0.1) is 11.3 Å². The first-order valence-electron chi connectivity index (χ1n) is 33.3. The maximum absolute atomic E-state index is 10.8. The van der Waals surface area contributed by atoms with Gasteiger partial charge in [-0.2, -0.15) is 5.26 Å². The predicted octanol–water partition coefficient (Wildman–Crippen LogP) is 19.4. The van der Waals surface area contributed by atoms with E-state index in [0.717, 1.165) is 101 Å². The summed E-state index contributed by atoms with van der Waals surface area (Å²) < 4.78 is 2.29. The highest BCUT2D eigenvalue weighted by atomic mass is 15.2. The van der Waals surface area contributed by atoms with Gasteiger partial charge in [-0.05, 0) is 134 Å². The second-order valence-corrected chi connectivity index (χ2v) is 27.5. The molecular weight excluding hydrogens is 1200 g/mol. The lowest BCUT2D eigenvalue weighted by atomic mass is 9.33. The van der Waals surface area contributed by atoms with Crippen molar-refractivity contribution in [1.29, 1.82) is 5.26 Å². The predicted molar refractivity (Wildman–Crippen MR) is 402 cm³/mol. The van der Waals surface area contributed by atoms with Crippen LogP contribution in [0.2, 0.25) is 0 Å². The number of anilines is 6. The number of aromatic nitrogens is 7. The Labute approximate surface area is 570 Å². The average molecular weight is 1260 g/mol. The molecule has 3 aromatic heterocycles. The molecule has 0 bridgehead atoms. The molecule has 98 heavy (non-hydrogen) atoms. The van der Waals surface area contributed by atoms with Crippen molar-refractivity contribution in [2.24, 2.45) is 0 Å². The van der Waals surface area contributed by atoms with Crippen LogP contribution in [0.4, 0.5) is 34.1 Å². The van der Waals surface area contributed by atoms with E-state index < -0.39 is 0 Å². The van der Waals surface area contributed by atoms with Crippen molar-refractivity contribution in [3.63, 3.8) is 0 Å². The van der Waals surface area contributed by atoms with Crippen molar-refractivity contribution >= 4 is 79.0 Å². The van der Waals surface area contributed by atoms with Crippen molar-refractivity contribution in [1.82, 2.24) is 34.5 Å². The van der Waals surface area contributed by atoms with E-state index in [0.29, 0.717) is 46.1 Å². The van der Waals surface area contributed by atoms with E-state index in [1.165, 1.54) is 27.5 Å². The fourth-order valence-corrected chi connectivity index (χ4v) is 14.3. The summed E-state index contributed by atoms with van der Waals surface area (Å²) in [5, 5.41) is 12.8. The number of nitrogens with zero attached hydrogens (tertiary/aromatic N) is 10. The van der Waals surface area contributed by atoms with E-state index in [2.05, 4.69) is 208 Å². The molecule has 11 heteroatoms. The second-order valence-electron chi connectivity index (χ2n) is 27.5. The van der Waals surface area contributed by atoms with Gasteiger partial charge in [0.15, 0.2) is 34.9 Å². The molecule has 12 aromatic carbocycles. The minimum atomic E-state index is -0.0966. The minimum absolute atomic E-state index is 0.0892. The van der Waals surface area contributed by atoms with Crippen LogP contribution in [0.15, 0.2) is 285 Å². The van der Waals surface area contributed by atoms with Crippen LogP contribution in [0.25, 0.3) is 107 Å². The molecule has 466 valence electrons. The van der Waals surface area contributed by atoms with Crippen LogP contribution in [-0.4, -0.2) is 41.2 Å². The summed E-state index contributed by atoms with van der Waals surface area (Å²) >= 11 is 0. The maximum atomic E-state index is 10.8. The normalized spacial score (nSPS) is 12.5. The van der Waals surface area contributed by atoms with Gasteiger partial charge in [-0.25, -0.2) is 29.9 Å². The Kier molecular flexibility index (Phi) is 14.2. The van der Waals surface area contributed by atoms with Gasteiger partial charge in [-0.1, -0.05) is 242 Å². The zero-order valence-electron chi connectivity index (χ0n) is 55.2. The summed E-state index contributed by atoms with van der Waals surface area (Å²) in [6.45, 7) is 13.8. The van der Waals surface area contributed by atoms with E-state index in [1.54, 1.807) is 0 Å². The van der Waals surface area contributed by atoms with Crippen molar-refractivity contribution in [3.05, 3.63) is 302 Å². The molecule has 0 radical (unpaired) electrons. The highest BCUT2D eigenvalue weighted by molar-refractivity contribution is 7.00. The topological polar surface area (TPSA) is 113 Å². The second kappa shape index (κ2) is 23.5. The Balaban J connectivity index is 0.939. The van der Waals surface area contributed by atoms with E-state index >= 15 is 0 Å². The number of hydrogen-bond donors (Lipinski definition) is 0.